The van der Waals surface area contributed by atoms with Crippen molar-refractivity contribution < 1.29 is 0 Å². The summed E-state index contributed by atoms with van der Waals surface area (Å²) >= 11 is 0. The molecule has 2 atom stereocenters. The van der Waals surface area contributed by atoms with Crippen LogP contribution in [0, 0.1) is 0 Å². The second-order valence-electron chi connectivity index (χ2n) is 8.94. The third kappa shape index (κ3) is 4.51. The summed E-state index contributed by atoms with van der Waals surface area (Å²) in [6.45, 7) is 4.63. The molecule has 0 radical (unpaired) electrons. The van der Waals surface area contributed by atoms with Crippen molar-refractivity contribution in [1.82, 2.24) is 0 Å². The molecule has 0 N–H and O–H groups in total. The molecule has 0 spiro atoms. The van der Waals surface area contributed by atoms with Crippen LogP contribution in [0.25, 0.3) is 12.2 Å². The van der Waals surface area contributed by atoms with E-state index in [4.69, 9.17) is 0 Å². The van der Waals surface area contributed by atoms with Crippen LogP contribution in [-0.2, 0) is 0 Å². The molecule has 0 saturated heterocycles. The minimum atomic E-state index is -0.118. The van der Waals surface area contributed by atoms with Gasteiger partial charge in [-0.3, -0.25) is 0 Å². The summed E-state index contributed by atoms with van der Waals surface area (Å²) in [7, 11) is -0.118. The summed E-state index contributed by atoms with van der Waals surface area (Å²) in [4.78, 5) is 0. The van der Waals surface area contributed by atoms with Crippen LogP contribution < -0.4 is 0 Å². The molecule has 1 heteroatoms. The molecule has 2 aliphatic rings. The van der Waals surface area contributed by atoms with Gasteiger partial charge in [-0.1, -0.05) is 111 Å². The molecule has 0 bridgehead atoms. The molecule has 2 aliphatic carbocycles. The van der Waals surface area contributed by atoms with Gasteiger partial charge in [-0.25, -0.2) is 0 Å². The summed E-state index contributed by atoms with van der Waals surface area (Å²) in [5.74, 6) is 1.42. The third-order valence-electron chi connectivity index (χ3n) is 6.94. The van der Waals surface area contributed by atoms with Gasteiger partial charge in [-0.15, -0.1) is 0 Å². The Hall–Kier alpha value is -1.86. The standard InChI is InChI=1S/C28H36Si/c1-3-5-11-23-17-21-13-7-9-15-25(21)27(23)19-29-20-28-24(12-6-4-2)18-22-14-8-10-16-26(22)28/h7-10,13-18,27-28H,3-6,11-12,19-20,29H2,1-2H3. The first kappa shape index (κ1) is 20.4. The molecule has 29 heavy (non-hydrogen) atoms. The molecule has 0 saturated carbocycles. The van der Waals surface area contributed by atoms with Gasteiger partial charge in [0.25, 0.3) is 0 Å². The maximum absolute atomic E-state index is 2.52. The van der Waals surface area contributed by atoms with Gasteiger partial charge in [0, 0.05) is 21.4 Å². The SMILES string of the molecule is CCCCC1=Cc2ccccc2C1C[SiH2]CC1C(CCCC)=Cc2ccccc21. The Bertz CT molecular complexity index is 815. The highest BCUT2D eigenvalue weighted by Crippen LogP contribution is 2.44. The van der Waals surface area contributed by atoms with Crippen LogP contribution >= 0.6 is 0 Å². The molecule has 0 fully saturated rings. The number of hydrogen-bond acceptors (Lipinski definition) is 0. The average Bonchev–Trinajstić information content (AvgIpc) is 3.29. The van der Waals surface area contributed by atoms with E-state index in [1.165, 1.54) is 61.7 Å². The molecular weight excluding hydrogens is 364 g/mol. The zero-order valence-corrected chi connectivity index (χ0v) is 19.7. The van der Waals surface area contributed by atoms with E-state index >= 15 is 0 Å². The van der Waals surface area contributed by atoms with Gasteiger partial charge >= 0.3 is 0 Å². The van der Waals surface area contributed by atoms with Gasteiger partial charge < -0.3 is 0 Å². The molecule has 152 valence electrons. The van der Waals surface area contributed by atoms with Gasteiger partial charge in [-0.2, -0.15) is 0 Å². The highest BCUT2D eigenvalue weighted by atomic mass is 28.2. The lowest BCUT2D eigenvalue weighted by Gasteiger charge is -2.20. The summed E-state index contributed by atoms with van der Waals surface area (Å²) in [6, 6.07) is 21.2. The molecule has 2 aromatic rings. The maximum Gasteiger partial charge on any atom is 0.0218 e. The van der Waals surface area contributed by atoms with Crippen molar-refractivity contribution in [3.8, 4) is 0 Å². The van der Waals surface area contributed by atoms with Crippen LogP contribution in [0.3, 0.4) is 0 Å². The van der Waals surface area contributed by atoms with E-state index in [2.05, 4.69) is 74.5 Å². The lowest BCUT2D eigenvalue weighted by atomic mass is 9.94. The molecule has 2 unspecified atom stereocenters. The lowest BCUT2D eigenvalue weighted by molar-refractivity contribution is 0.730. The summed E-state index contributed by atoms with van der Waals surface area (Å²) in [6.07, 6.45) is 12.9. The number of fused-ring (bicyclic) bond motifs is 2. The molecule has 2 aromatic carbocycles. The first-order valence-corrected chi connectivity index (χ1v) is 13.9. The Labute approximate surface area is 180 Å². The molecule has 0 heterocycles. The van der Waals surface area contributed by atoms with Crippen LogP contribution in [0.5, 0.6) is 0 Å². The van der Waals surface area contributed by atoms with Crippen LogP contribution in [0.4, 0.5) is 0 Å². The summed E-state index contributed by atoms with van der Waals surface area (Å²) in [5.41, 5.74) is 9.64. The van der Waals surface area contributed by atoms with Crippen molar-refractivity contribution >= 4 is 21.7 Å². The predicted molar refractivity (Wildman–Crippen MR) is 132 cm³/mol. The van der Waals surface area contributed by atoms with Crippen molar-refractivity contribution in [3.63, 3.8) is 0 Å². The Morgan fingerprint density at radius 1 is 0.655 bits per heavy atom. The van der Waals surface area contributed by atoms with Crippen LogP contribution in [0.1, 0.15) is 86.5 Å². The van der Waals surface area contributed by atoms with E-state index in [9.17, 15) is 0 Å². The quantitative estimate of drug-likeness (QED) is 0.358. The molecule has 0 aromatic heterocycles. The first-order valence-electron chi connectivity index (χ1n) is 11.9. The molecule has 4 rings (SSSR count). The van der Waals surface area contributed by atoms with Crippen LogP contribution in [-0.4, -0.2) is 9.52 Å². The third-order valence-corrected chi connectivity index (χ3v) is 8.91. The van der Waals surface area contributed by atoms with Crippen molar-refractivity contribution in [2.75, 3.05) is 0 Å². The fraction of sp³-hybridized carbons (Fsp3) is 0.429. The molecule has 0 amide bonds. The molecule has 0 nitrogen and oxygen atoms in total. The second-order valence-corrected chi connectivity index (χ2v) is 10.8. The number of benzene rings is 2. The number of hydrogen-bond donors (Lipinski definition) is 0. The van der Waals surface area contributed by atoms with Crippen molar-refractivity contribution in [2.24, 2.45) is 0 Å². The zero-order chi connectivity index (χ0) is 20.1. The van der Waals surface area contributed by atoms with E-state index in [0.29, 0.717) is 11.8 Å². The largest absolute Gasteiger partial charge is 0.0654 e. The fourth-order valence-electron chi connectivity index (χ4n) is 5.38. The van der Waals surface area contributed by atoms with Crippen molar-refractivity contribution in [2.45, 2.75) is 76.3 Å². The molecular formula is C28H36Si. The predicted octanol–water partition coefficient (Wildman–Crippen LogP) is 7.73. The van der Waals surface area contributed by atoms with Gasteiger partial charge in [0.1, 0.15) is 0 Å². The maximum atomic E-state index is 2.52. The number of unbranched alkanes of at least 4 members (excludes halogenated alkanes) is 2. The topological polar surface area (TPSA) is 0 Å². The van der Waals surface area contributed by atoms with E-state index in [1.807, 2.05) is 0 Å². The normalized spacial score (nSPS) is 20.1. The smallest absolute Gasteiger partial charge is 0.0218 e. The average molecular weight is 401 g/mol. The highest BCUT2D eigenvalue weighted by molar-refractivity contribution is 6.36. The Kier molecular flexibility index (Phi) is 6.87. The Morgan fingerprint density at radius 2 is 1.10 bits per heavy atom. The zero-order valence-electron chi connectivity index (χ0n) is 18.3. The summed E-state index contributed by atoms with van der Waals surface area (Å²) < 4.78 is 0. The van der Waals surface area contributed by atoms with E-state index in [-0.39, 0.29) is 9.52 Å². The monoisotopic (exact) mass is 400 g/mol. The number of allylic oxidation sites excluding steroid dienone is 2. The minimum Gasteiger partial charge on any atom is -0.0654 e. The fourth-order valence-corrected chi connectivity index (χ4v) is 7.80. The number of rotatable bonds is 10. The summed E-state index contributed by atoms with van der Waals surface area (Å²) in [5, 5.41) is 0. The van der Waals surface area contributed by atoms with Gasteiger partial charge in [0.2, 0.25) is 0 Å². The van der Waals surface area contributed by atoms with Crippen LogP contribution in [0.2, 0.25) is 12.1 Å². The van der Waals surface area contributed by atoms with Crippen LogP contribution in [0.15, 0.2) is 59.7 Å². The Balaban J connectivity index is 1.44. The van der Waals surface area contributed by atoms with E-state index < -0.39 is 0 Å². The lowest BCUT2D eigenvalue weighted by Crippen LogP contribution is -2.08. The van der Waals surface area contributed by atoms with Gasteiger partial charge in [0.15, 0.2) is 0 Å². The van der Waals surface area contributed by atoms with E-state index in [1.54, 1.807) is 22.3 Å². The van der Waals surface area contributed by atoms with Crippen molar-refractivity contribution in [1.29, 1.82) is 0 Å². The second kappa shape index (κ2) is 9.76. The molecule has 0 aliphatic heterocycles. The Morgan fingerprint density at radius 3 is 1.55 bits per heavy atom. The van der Waals surface area contributed by atoms with Crippen molar-refractivity contribution in [3.05, 3.63) is 81.9 Å². The first-order chi connectivity index (χ1) is 14.3. The minimum absolute atomic E-state index is 0.118. The van der Waals surface area contributed by atoms with Gasteiger partial charge in [0.05, 0.1) is 0 Å². The highest BCUT2D eigenvalue weighted by Gasteiger charge is 2.27. The van der Waals surface area contributed by atoms with Gasteiger partial charge in [-0.05, 0) is 47.9 Å². The van der Waals surface area contributed by atoms with E-state index in [0.717, 1.165) is 0 Å².